The summed E-state index contributed by atoms with van der Waals surface area (Å²) in [5.74, 6) is 0. The minimum Gasteiger partial charge on any atom is -0.325 e. The number of para-hydroxylation sites is 1. The van der Waals surface area contributed by atoms with Gasteiger partial charge in [0.05, 0.1) is 5.69 Å². The van der Waals surface area contributed by atoms with Gasteiger partial charge in [-0.3, -0.25) is 0 Å². The van der Waals surface area contributed by atoms with Gasteiger partial charge in [0.1, 0.15) is 10.8 Å². The van der Waals surface area contributed by atoms with Crippen molar-refractivity contribution in [3.8, 4) is 0 Å². The molecule has 3 nitrogen and oxygen atoms in total. The molecular weight excluding hydrogens is 256 g/mol. The van der Waals surface area contributed by atoms with Gasteiger partial charge in [0.25, 0.3) is 0 Å². The molecule has 2 rings (SSSR count). The van der Waals surface area contributed by atoms with Gasteiger partial charge in [0.15, 0.2) is 0 Å². The number of unbranched alkanes of at least 4 members (excludes halogenated alkanes) is 3. The van der Waals surface area contributed by atoms with Gasteiger partial charge in [-0.1, -0.05) is 44.4 Å². The van der Waals surface area contributed by atoms with Crippen LogP contribution in [0.15, 0.2) is 46.9 Å². The van der Waals surface area contributed by atoms with Crippen molar-refractivity contribution in [2.45, 2.75) is 32.6 Å². The van der Waals surface area contributed by atoms with Crippen LogP contribution < -0.4 is 0 Å². The standard InChI is InChI=1S/C15H20N2OS/c1-2-3-4-8-11-17-12-13-19(18)15(17)16-14-9-6-5-7-10-14/h5-7,9-10,12-13H,2-4,8,11H2,1H3. The fraction of sp³-hybridized carbons (Fsp3) is 0.400. The first-order chi connectivity index (χ1) is 9.31. The van der Waals surface area contributed by atoms with Crippen LogP contribution in [0.3, 0.4) is 0 Å². The maximum absolute atomic E-state index is 11.9. The zero-order valence-corrected chi connectivity index (χ0v) is 12.1. The van der Waals surface area contributed by atoms with Crippen molar-refractivity contribution in [1.82, 2.24) is 4.90 Å². The Bertz CT molecular complexity index is 482. The lowest BCUT2D eigenvalue weighted by Crippen LogP contribution is -2.24. The molecule has 0 aliphatic carbocycles. The highest BCUT2D eigenvalue weighted by molar-refractivity contribution is 8.03. The highest BCUT2D eigenvalue weighted by Crippen LogP contribution is 2.17. The first-order valence-electron chi connectivity index (χ1n) is 6.80. The van der Waals surface area contributed by atoms with Crippen molar-refractivity contribution in [3.05, 3.63) is 41.9 Å². The number of benzene rings is 1. The van der Waals surface area contributed by atoms with E-state index in [2.05, 4.69) is 11.9 Å². The van der Waals surface area contributed by atoms with E-state index >= 15 is 0 Å². The predicted molar refractivity (Wildman–Crippen MR) is 81.7 cm³/mol. The Hall–Kier alpha value is -1.42. The zero-order chi connectivity index (χ0) is 13.5. The molecule has 4 heteroatoms. The third-order valence-electron chi connectivity index (χ3n) is 3.02. The summed E-state index contributed by atoms with van der Waals surface area (Å²) in [4.78, 5) is 6.51. The van der Waals surface area contributed by atoms with Gasteiger partial charge in [-0.25, -0.2) is 9.20 Å². The number of nitrogens with zero attached hydrogens (tertiary/aromatic N) is 2. The molecule has 0 N–H and O–H groups in total. The number of hydrogen-bond acceptors (Lipinski definition) is 2. The monoisotopic (exact) mass is 276 g/mol. The molecular formula is C15H20N2OS. The second-order valence-electron chi connectivity index (χ2n) is 4.57. The van der Waals surface area contributed by atoms with E-state index in [4.69, 9.17) is 0 Å². The lowest BCUT2D eigenvalue weighted by atomic mass is 10.2. The average molecular weight is 276 g/mol. The van der Waals surface area contributed by atoms with Gasteiger partial charge < -0.3 is 4.90 Å². The summed E-state index contributed by atoms with van der Waals surface area (Å²) in [6.07, 6.45) is 6.71. The van der Waals surface area contributed by atoms with E-state index in [0.717, 1.165) is 18.7 Å². The first kappa shape index (κ1) is 14.0. The lowest BCUT2D eigenvalue weighted by Gasteiger charge is -2.15. The van der Waals surface area contributed by atoms with Gasteiger partial charge >= 0.3 is 0 Å². The van der Waals surface area contributed by atoms with Crippen molar-refractivity contribution >= 4 is 21.7 Å². The largest absolute Gasteiger partial charge is 0.325 e. The molecule has 1 aliphatic rings. The molecule has 0 saturated carbocycles. The number of aliphatic imine (C=N–C) groups is 1. The number of hydrogen-bond donors (Lipinski definition) is 0. The van der Waals surface area contributed by atoms with Crippen LogP contribution in [0.5, 0.6) is 0 Å². The van der Waals surface area contributed by atoms with E-state index in [1.807, 2.05) is 41.4 Å². The highest BCUT2D eigenvalue weighted by Gasteiger charge is 2.20. The van der Waals surface area contributed by atoms with Crippen molar-refractivity contribution < 1.29 is 4.21 Å². The van der Waals surface area contributed by atoms with E-state index in [-0.39, 0.29) is 0 Å². The SMILES string of the molecule is CCCCCCN1C=CS(=O)C1=Nc1ccccc1. The van der Waals surface area contributed by atoms with Crippen LogP contribution in [0.1, 0.15) is 32.6 Å². The fourth-order valence-electron chi connectivity index (χ4n) is 1.97. The van der Waals surface area contributed by atoms with Gasteiger partial charge in [0, 0.05) is 18.2 Å². The molecule has 0 aromatic heterocycles. The summed E-state index contributed by atoms with van der Waals surface area (Å²) >= 11 is 0. The quantitative estimate of drug-likeness (QED) is 0.740. The Morgan fingerprint density at radius 3 is 2.68 bits per heavy atom. The topological polar surface area (TPSA) is 32.7 Å². The van der Waals surface area contributed by atoms with Crippen LogP contribution in [-0.2, 0) is 10.8 Å². The molecule has 19 heavy (non-hydrogen) atoms. The first-order valence-corrected chi connectivity index (χ1v) is 8.02. The van der Waals surface area contributed by atoms with E-state index in [9.17, 15) is 4.21 Å². The molecule has 0 saturated heterocycles. The predicted octanol–water partition coefficient (Wildman–Crippen LogP) is 3.79. The van der Waals surface area contributed by atoms with Crippen LogP contribution in [0.2, 0.25) is 0 Å². The van der Waals surface area contributed by atoms with E-state index in [0.29, 0.717) is 5.17 Å². The zero-order valence-electron chi connectivity index (χ0n) is 11.3. The Morgan fingerprint density at radius 1 is 1.16 bits per heavy atom. The van der Waals surface area contributed by atoms with E-state index in [1.165, 1.54) is 19.3 Å². The maximum atomic E-state index is 11.9. The van der Waals surface area contributed by atoms with Gasteiger partial charge in [-0.2, -0.15) is 0 Å². The molecule has 0 amide bonds. The molecule has 1 aromatic rings. The molecule has 1 heterocycles. The van der Waals surface area contributed by atoms with Gasteiger partial charge in [0.2, 0.25) is 5.17 Å². The fourth-order valence-corrected chi connectivity index (χ4v) is 2.93. The van der Waals surface area contributed by atoms with Gasteiger partial charge in [-0.15, -0.1) is 0 Å². The number of amidine groups is 1. The maximum Gasteiger partial charge on any atom is 0.203 e. The highest BCUT2D eigenvalue weighted by atomic mass is 32.2. The van der Waals surface area contributed by atoms with E-state index < -0.39 is 10.8 Å². The van der Waals surface area contributed by atoms with Crippen molar-refractivity contribution in [2.24, 2.45) is 4.99 Å². The van der Waals surface area contributed by atoms with Crippen molar-refractivity contribution in [2.75, 3.05) is 6.54 Å². The Kier molecular flexibility index (Phi) is 5.33. The second kappa shape index (κ2) is 7.24. The van der Waals surface area contributed by atoms with Crippen molar-refractivity contribution in [3.63, 3.8) is 0 Å². The van der Waals surface area contributed by atoms with Crippen LogP contribution >= 0.6 is 0 Å². The van der Waals surface area contributed by atoms with Crippen LogP contribution in [0.4, 0.5) is 5.69 Å². The summed E-state index contributed by atoms with van der Waals surface area (Å²) < 4.78 is 11.9. The molecule has 1 unspecified atom stereocenters. The minimum atomic E-state index is -1.10. The summed E-state index contributed by atoms with van der Waals surface area (Å²) in [6.45, 7) is 3.10. The molecule has 1 aliphatic heterocycles. The lowest BCUT2D eigenvalue weighted by molar-refractivity contribution is 0.517. The number of rotatable bonds is 6. The second-order valence-corrected chi connectivity index (χ2v) is 5.80. The summed E-state index contributed by atoms with van der Waals surface area (Å²) in [6, 6.07) is 9.69. The van der Waals surface area contributed by atoms with Gasteiger partial charge in [-0.05, 0) is 18.6 Å². The van der Waals surface area contributed by atoms with E-state index in [1.54, 1.807) is 5.41 Å². The summed E-state index contributed by atoms with van der Waals surface area (Å²) in [5.41, 5.74) is 0.855. The molecule has 1 atom stereocenters. The molecule has 0 spiro atoms. The Labute approximate surface area is 117 Å². The summed E-state index contributed by atoms with van der Waals surface area (Å²) in [5, 5.41) is 2.37. The average Bonchev–Trinajstić information content (AvgIpc) is 2.78. The normalized spacial score (nSPS) is 20.4. The minimum absolute atomic E-state index is 0.655. The molecule has 102 valence electrons. The third kappa shape index (κ3) is 4.03. The Balaban J connectivity index is 2.01. The molecule has 0 radical (unpaired) electrons. The summed E-state index contributed by atoms with van der Waals surface area (Å²) in [7, 11) is -1.10. The molecule has 0 fully saturated rings. The molecule has 0 bridgehead atoms. The van der Waals surface area contributed by atoms with Crippen LogP contribution in [0, 0.1) is 0 Å². The van der Waals surface area contributed by atoms with Crippen LogP contribution in [-0.4, -0.2) is 20.8 Å². The van der Waals surface area contributed by atoms with Crippen molar-refractivity contribution in [1.29, 1.82) is 0 Å². The Morgan fingerprint density at radius 2 is 1.95 bits per heavy atom. The van der Waals surface area contributed by atoms with Crippen LogP contribution in [0.25, 0.3) is 0 Å². The smallest absolute Gasteiger partial charge is 0.203 e. The third-order valence-corrected chi connectivity index (χ3v) is 4.08. The molecule has 1 aromatic carbocycles.